The molecule has 2 unspecified atom stereocenters. The molecule has 2 aliphatic rings. The smallest absolute Gasteiger partial charge is 0.381 e. The van der Waals surface area contributed by atoms with Crippen molar-refractivity contribution in [2.75, 3.05) is 26.3 Å². The molecule has 2 saturated heterocycles. The van der Waals surface area contributed by atoms with Gasteiger partial charge in [0, 0.05) is 44.8 Å². The fourth-order valence-electron chi connectivity index (χ4n) is 3.27. The quantitative estimate of drug-likeness (QED) is 0.834. The minimum Gasteiger partial charge on any atom is -0.381 e. The van der Waals surface area contributed by atoms with Gasteiger partial charge in [-0.2, -0.15) is 13.2 Å². The molecule has 0 saturated carbocycles. The Bertz CT molecular complexity index is 485. The highest BCUT2D eigenvalue weighted by Crippen LogP contribution is 2.30. The van der Waals surface area contributed by atoms with Crippen LogP contribution in [0.4, 0.5) is 13.2 Å². The molecule has 0 N–H and O–H groups in total. The summed E-state index contributed by atoms with van der Waals surface area (Å²) in [5.74, 6) is 0.197. The number of likely N-dealkylation sites (tertiary alicyclic amines) is 1. The van der Waals surface area contributed by atoms with E-state index >= 15 is 0 Å². The third-order valence-corrected chi connectivity index (χ3v) is 4.33. The minimum absolute atomic E-state index is 0.286. The van der Waals surface area contributed by atoms with E-state index in [0.29, 0.717) is 32.0 Å². The van der Waals surface area contributed by atoms with Crippen LogP contribution >= 0.6 is 0 Å². The van der Waals surface area contributed by atoms with Crippen molar-refractivity contribution < 1.29 is 17.9 Å². The predicted molar refractivity (Wildman–Crippen MR) is 73.0 cm³/mol. The number of aromatic nitrogens is 3. The Morgan fingerprint density at radius 2 is 2.14 bits per heavy atom. The van der Waals surface area contributed by atoms with Crippen molar-refractivity contribution in [3.63, 3.8) is 0 Å². The van der Waals surface area contributed by atoms with Gasteiger partial charge in [0.1, 0.15) is 0 Å². The van der Waals surface area contributed by atoms with Crippen LogP contribution in [-0.4, -0.2) is 52.4 Å². The maximum absolute atomic E-state index is 12.4. The summed E-state index contributed by atoms with van der Waals surface area (Å²) in [5, 5.41) is 8.23. The SMILES string of the molecule is FC(F)(F)CC1CCN(Cc2cn(CC3CCOC3)nn2)C1. The van der Waals surface area contributed by atoms with Gasteiger partial charge in [-0.05, 0) is 25.3 Å². The molecule has 124 valence electrons. The third kappa shape index (κ3) is 4.42. The summed E-state index contributed by atoms with van der Waals surface area (Å²) in [4.78, 5) is 2.03. The zero-order valence-corrected chi connectivity index (χ0v) is 12.4. The van der Waals surface area contributed by atoms with E-state index in [9.17, 15) is 13.2 Å². The summed E-state index contributed by atoms with van der Waals surface area (Å²) >= 11 is 0. The Morgan fingerprint density at radius 1 is 1.27 bits per heavy atom. The van der Waals surface area contributed by atoms with Gasteiger partial charge >= 0.3 is 6.18 Å². The van der Waals surface area contributed by atoms with Gasteiger partial charge < -0.3 is 4.74 Å². The standard InChI is InChI=1S/C14H21F3N4O/c15-14(16,17)5-11-1-3-20(6-11)8-13-9-21(19-18-13)7-12-2-4-22-10-12/h9,11-12H,1-8,10H2. The molecular formula is C14H21F3N4O. The summed E-state index contributed by atoms with van der Waals surface area (Å²) < 4.78 is 44.4. The molecule has 2 fully saturated rings. The first-order valence-electron chi connectivity index (χ1n) is 7.74. The lowest BCUT2D eigenvalue weighted by Gasteiger charge is -2.15. The molecule has 1 aromatic rings. The molecule has 22 heavy (non-hydrogen) atoms. The molecule has 5 nitrogen and oxygen atoms in total. The topological polar surface area (TPSA) is 43.2 Å². The van der Waals surface area contributed by atoms with E-state index in [2.05, 4.69) is 10.3 Å². The van der Waals surface area contributed by atoms with Crippen molar-refractivity contribution >= 4 is 0 Å². The number of rotatable bonds is 5. The lowest BCUT2D eigenvalue weighted by Crippen LogP contribution is -2.22. The van der Waals surface area contributed by atoms with Crippen LogP contribution in [0.2, 0.25) is 0 Å². The second kappa shape index (κ2) is 6.54. The van der Waals surface area contributed by atoms with Crippen LogP contribution in [0.25, 0.3) is 0 Å². The predicted octanol–water partition coefficient (Wildman–Crippen LogP) is 2.09. The molecule has 8 heteroatoms. The van der Waals surface area contributed by atoms with Crippen LogP contribution in [0, 0.1) is 11.8 Å². The molecular weight excluding hydrogens is 297 g/mol. The number of halogens is 3. The number of alkyl halides is 3. The highest BCUT2D eigenvalue weighted by molar-refractivity contribution is 4.94. The largest absolute Gasteiger partial charge is 0.389 e. The summed E-state index contributed by atoms with van der Waals surface area (Å²) in [6.45, 7) is 4.13. The Labute approximate surface area is 127 Å². The van der Waals surface area contributed by atoms with Crippen molar-refractivity contribution in [3.05, 3.63) is 11.9 Å². The Hall–Kier alpha value is -1.15. The maximum Gasteiger partial charge on any atom is 0.389 e. The maximum atomic E-state index is 12.4. The molecule has 2 atom stereocenters. The first-order chi connectivity index (χ1) is 10.5. The van der Waals surface area contributed by atoms with Crippen LogP contribution in [0.1, 0.15) is 25.0 Å². The number of nitrogens with zero attached hydrogens (tertiary/aromatic N) is 4. The van der Waals surface area contributed by atoms with Gasteiger partial charge in [0.2, 0.25) is 0 Å². The van der Waals surface area contributed by atoms with Gasteiger partial charge in [0.05, 0.1) is 12.3 Å². The molecule has 0 spiro atoms. The lowest BCUT2D eigenvalue weighted by atomic mass is 10.1. The lowest BCUT2D eigenvalue weighted by molar-refractivity contribution is -0.143. The van der Waals surface area contributed by atoms with E-state index in [0.717, 1.165) is 31.9 Å². The second-order valence-electron chi connectivity index (χ2n) is 6.37. The Kier molecular flexibility index (Phi) is 4.67. The number of ether oxygens (including phenoxy) is 1. The van der Waals surface area contributed by atoms with Gasteiger partial charge in [-0.15, -0.1) is 5.10 Å². The zero-order valence-electron chi connectivity index (χ0n) is 12.4. The van der Waals surface area contributed by atoms with Crippen molar-refractivity contribution in [2.24, 2.45) is 11.8 Å². The molecule has 0 bridgehead atoms. The molecule has 0 aromatic carbocycles. The summed E-state index contributed by atoms with van der Waals surface area (Å²) in [7, 11) is 0. The molecule has 0 radical (unpaired) electrons. The average molecular weight is 318 g/mol. The van der Waals surface area contributed by atoms with E-state index in [-0.39, 0.29) is 5.92 Å². The second-order valence-corrected chi connectivity index (χ2v) is 6.37. The van der Waals surface area contributed by atoms with Crippen molar-refractivity contribution in [1.29, 1.82) is 0 Å². The third-order valence-electron chi connectivity index (χ3n) is 4.33. The van der Waals surface area contributed by atoms with Gasteiger partial charge in [0.25, 0.3) is 0 Å². The fraction of sp³-hybridized carbons (Fsp3) is 0.857. The molecule has 2 aliphatic heterocycles. The molecule has 1 aromatic heterocycles. The molecule has 0 amide bonds. The monoisotopic (exact) mass is 318 g/mol. The summed E-state index contributed by atoms with van der Waals surface area (Å²) in [6.07, 6.45) is -1.20. The molecule has 0 aliphatic carbocycles. The molecule has 3 rings (SSSR count). The average Bonchev–Trinajstić information content (AvgIpc) is 3.12. The summed E-state index contributed by atoms with van der Waals surface area (Å²) in [6, 6.07) is 0. The Balaban J connectivity index is 1.46. The van der Waals surface area contributed by atoms with E-state index < -0.39 is 12.6 Å². The zero-order chi connectivity index (χ0) is 15.6. The van der Waals surface area contributed by atoms with Gasteiger partial charge in [-0.25, -0.2) is 0 Å². The number of hydrogen-bond donors (Lipinski definition) is 0. The Morgan fingerprint density at radius 3 is 2.86 bits per heavy atom. The highest BCUT2D eigenvalue weighted by atomic mass is 19.4. The van der Waals surface area contributed by atoms with E-state index in [4.69, 9.17) is 4.74 Å². The first-order valence-corrected chi connectivity index (χ1v) is 7.74. The fourth-order valence-corrected chi connectivity index (χ4v) is 3.27. The van der Waals surface area contributed by atoms with Crippen LogP contribution in [-0.2, 0) is 17.8 Å². The van der Waals surface area contributed by atoms with Gasteiger partial charge in [-0.3, -0.25) is 9.58 Å². The van der Waals surface area contributed by atoms with Crippen LogP contribution in [0.5, 0.6) is 0 Å². The van der Waals surface area contributed by atoms with E-state index in [1.807, 2.05) is 15.8 Å². The van der Waals surface area contributed by atoms with Crippen molar-refractivity contribution in [2.45, 2.75) is 38.5 Å². The van der Waals surface area contributed by atoms with Crippen molar-refractivity contribution in [1.82, 2.24) is 19.9 Å². The normalized spacial score (nSPS) is 26.9. The van der Waals surface area contributed by atoms with E-state index in [1.54, 1.807) is 0 Å². The summed E-state index contributed by atoms with van der Waals surface area (Å²) in [5.41, 5.74) is 0.826. The van der Waals surface area contributed by atoms with E-state index in [1.165, 1.54) is 0 Å². The van der Waals surface area contributed by atoms with Gasteiger partial charge in [0.15, 0.2) is 0 Å². The first kappa shape index (κ1) is 15.7. The van der Waals surface area contributed by atoms with Gasteiger partial charge in [-0.1, -0.05) is 5.21 Å². The van der Waals surface area contributed by atoms with Crippen molar-refractivity contribution in [3.8, 4) is 0 Å². The molecule has 3 heterocycles. The number of hydrogen-bond acceptors (Lipinski definition) is 4. The minimum atomic E-state index is -4.06. The van der Waals surface area contributed by atoms with Crippen LogP contribution < -0.4 is 0 Å². The highest BCUT2D eigenvalue weighted by Gasteiger charge is 2.35. The van der Waals surface area contributed by atoms with Crippen LogP contribution in [0.15, 0.2) is 6.20 Å². The van der Waals surface area contributed by atoms with Crippen LogP contribution in [0.3, 0.4) is 0 Å².